The molecule has 0 spiro atoms. The lowest BCUT2D eigenvalue weighted by Gasteiger charge is -2.33. The number of para-hydroxylation sites is 2. The molecule has 2 aromatic carbocycles. The number of rotatable bonds is 3. The molecule has 0 aliphatic carbocycles. The van der Waals surface area contributed by atoms with Crippen LogP contribution in [0, 0.1) is 0 Å². The molecule has 6 heteroatoms. The van der Waals surface area contributed by atoms with Crippen molar-refractivity contribution < 1.29 is 4.79 Å². The number of aromatic nitrogens is 2. The van der Waals surface area contributed by atoms with Crippen LogP contribution in [0.15, 0.2) is 42.5 Å². The Balaban J connectivity index is 1.78. The molecule has 2 heterocycles. The van der Waals surface area contributed by atoms with Gasteiger partial charge in [0.1, 0.15) is 12.4 Å². The Kier molecular flexibility index (Phi) is 5.11. The summed E-state index contributed by atoms with van der Waals surface area (Å²) in [7, 11) is 0. The highest BCUT2D eigenvalue weighted by Gasteiger charge is 2.25. The largest absolute Gasteiger partial charge is 0.338 e. The molecular formula is C21H21Cl2N3O. The van der Waals surface area contributed by atoms with Gasteiger partial charge in [-0.2, -0.15) is 0 Å². The molecule has 1 atom stereocenters. The van der Waals surface area contributed by atoms with Crippen LogP contribution in [0.3, 0.4) is 0 Å². The summed E-state index contributed by atoms with van der Waals surface area (Å²) in [5, 5.41) is 1.10. The summed E-state index contributed by atoms with van der Waals surface area (Å²) in [6.07, 6.45) is 3.31. The topological polar surface area (TPSA) is 38.1 Å². The minimum atomic E-state index is 0.122. The number of piperidine rings is 1. The van der Waals surface area contributed by atoms with Gasteiger partial charge in [0.25, 0.3) is 0 Å². The lowest BCUT2D eigenvalue weighted by Crippen LogP contribution is -2.43. The van der Waals surface area contributed by atoms with Crippen LogP contribution in [0.1, 0.15) is 26.2 Å². The molecule has 0 radical (unpaired) electrons. The fraction of sp³-hybridized carbons (Fsp3) is 0.333. The lowest BCUT2D eigenvalue weighted by atomic mass is 10.0. The first-order chi connectivity index (χ1) is 13.0. The standard InChI is InChI=1S/C21H21Cl2N3O/c1-14-6-4-5-11-25(14)20(27)13-26-19-8-3-2-7-18(19)24-21(26)16-10-9-15(22)12-17(16)23/h2-3,7-10,12,14H,4-6,11,13H2,1H3. The van der Waals surface area contributed by atoms with Gasteiger partial charge in [-0.25, -0.2) is 4.98 Å². The number of imidazole rings is 1. The average Bonchev–Trinajstić information content (AvgIpc) is 3.00. The molecule has 1 saturated heterocycles. The number of fused-ring (bicyclic) bond motifs is 1. The maximum absolute atomic E-state index is 13.1. The summed E-state index contributed by atoms with van der Waals surface area (Å²) < 4.78 is 1.97. The quantitative estimate of drug-likeness (QED) is 0.588. The molecule has 1 amide bonds. The van der Waals surface area contributed by atoms with E-state index in [0.717, 1.165) is 36.0 Å². The van der Waals surface area contributed by atoms with Crippen molar-refractivity contribution in [2.45, 2.75) is 38.8 Å². The molecule has 0 N–H and O–H groups in total. The van der Waals surface area contributed by atoms with E-state index in [1.54, 1.807) is 12.1 Å². The maximum Gasteiger partial charge on any atom is 0.242 e. The van der Waals surface area contributed by atoms with Gasteiger partial charge < -0.3 is 9.47 Å². The smallest absolute Gasteiger partial charge is 0.242 e. The zero-order valence-corrected chi connectivity index (χ0v) is 16.7. The van der Waals surface area contributed by atoms with Gasteiger partial charge in [-0.15, -0.1) is 0 Å². The minimum Gasteiger partial charge on any atom is -0.338 e. The molecule has 0 bridgehead atoms. The number of likely N-dealkylation sites (tertiary alicyclic amines) is 1. The van der Waals surface area contributed by atoms with Gasteiger partial charge in [-0.05, 0) is 56.5 Å². The zero-order chi connectivity index (χ0) is 19.0. The number of amides is 1. The summed E-state index contributed by atoms with van der Waals surface area (Å²) in [5.41, 5.74) is 2.55. The predicted octanol–water partition coefficient (Wildman–Crippen LogP) is 5.41. The Hall–Kier alpha value is -2.04. The van der Waals surface area contributed by atoms with Crippen molar-refractivity contribution in [3.8, 4) is 11.4 Å². The lowest BCUT2D eigenvalue weighted by molar-refractivity contribution is -0.134. The Morgan fingerprint density at radius 2 is 2.00 bits per heavy atom. The monoisotopic (exact) mass is 401 g/mol. The van der Waals surface area contributed by atoms with E-state index >= 15 is 0 Å². The number of carbonyl (C=O) groups is 1. The number of nitrogens with zero attached hydrogens (tertiary/aromatic N) is 3. The highest BCUT2D eigenvalue weighted by atomic mass is 35.5. The Morgan fingerprint density at radius 3 is 2.78 bits per heavy atom. The second-order valence-corrected chi connectivity index (χ2v) is 7.91. The first-order valence-corrected chi connectivity index (χ1v) is 10.0. The SMILES string of the molecule is CC1CCCCN1C(=O)Cn1c(-c2ccc(Cl)cc2Cl)nc2ccccc21. The molecule has 1 unspecified atom stereocenters. The van der Waals surface area contributed by atoms with Crippen LogP contribution in [0.4, 0.5) is 0 Å². The van der Waals surface area contributed by atoms with E-state index in [-0.39, 0.29) is 18.5 Å². The van der Waals surface area contributed by atoms with Crippen LogP contribution in [0.25, 0.3) is 22.4 Å². The van der Waals surface area contributed by atoms with Gasteiger partial charge in [-0.1, -0.05) is 35.3 Å². The molecule has 1 aliphatic heterocycles. The van der Waals surface area contributed by atoms with Crippen molar-refractivity contribution >= 4 is 40.1 Å². The third kappa shape index (κ3) is 3.56. The van der Waals surface area contributed by atoms with Crippen molar-refractivity contribution in [3.05, 3.63) is 52.5 Å². The van der Waals surface area contributed by atoms with E-state index in [1.165, 1.54) is 6.42 Å². The van der Waals surface area contributed by atoms with Crippen LogP contribution in [0.2, 0.25) is 10.0 Å². The highest BCUT2D eigenvalue weighted by Crippen LogP contribution is 2.32. The van der Waals surface area contributed by atoms with Gasteiger partial charge in [0.2, 0.25) is 5.91 Å². The predicted molar refractivity (Wildman–Crippen MR) is 110 cm³/mol. The van der Waals surface area contributed by atoms with E-state index in [9.17, 15) is 4.79 Å². The molecule has 1 aromatic heterocycles. The Morgan fingerprint density at radius 1 is 1.19 bits per heavy atom. The van der Waals surface area contributed by atoms with Crippen molar-refractivity contribution in [1.29, 1.82) is 0 Å². The van der Waals surface area contributed by atoms with E-state index in [0.29, 0.717) is 15.9 Å². The van der Waals surface area contributed by atoms with Crippen molar-refractivity contribution in [2.24, 2.45) is 0 Å². The van der Waals surface area contributed by atoms with Crippen LogP contribution >= 0.6 is 23.2 Å². The number of halogens is 2. The summed E-state index contributed by atoms with van der Waals surface area (Å²) >= 11 is 12.5. The Bertz CT molecular complexity index is 998. The highest BCUT2D eigenvalue weighted by molar-refractivity contribution is 6.36. The van der Waals surface area contributed by atoms with Crippen molar-refractivity contribution in [2.75, 3.05) is 6.54 Å². The molecule has 0 saturated carbocycles. The van der Waals surface area contributed by atoms with Gasteiger partial charge in [0, 0.05) is 23.2 Å². The van der Waals surface area contributed by atoms with Gasteiger partial charge in [0.05, 0.1) is 16.1 Å². The van der Waals surface area contributed by atoms with E-state index in [2.05, 4.69) is 6.92 Å². The second kappa shape index (κ2) is 7.53. The molecule has 4 rings (SSSR count). The normalized spacial score (nSPS) is 17.4. The number of hydrogen-bond donors (Lipinski definition) is 0. The van der Waals surface area contributed by atoms with Crippen molar-refractivity contribution in [3.63, 3.8) is 0 Å². The number of benzene rings is 2. The van der Waals surface area contributed by atoms with Gasteiger partial charge >= 0.3 is 0 Å². The average molecular weight is 402 g/mol. The van der Waals surface area contributed by atoms with Crippen LogP contribution < -0.4 is 0 Å². The molecule has 1 fully saturated rings. The van der Waals surface area contributed by atoms with E-state index in [4.69, 9.17) is 28.2 Å². The molecule has 1 aliphatic rings. The first-order valence-electron chi connectivity index (χ1n) is 9.25. The minimum absolute atomic E-state index is 0.122. The molecule has 4 nitrogen and oxygen atoms in total. The molecule has 3 aromatic rings. The van der Waals surface area contributed by atoms with Gasteiger partial charge in [0.15, 0.2) is 0 Å². The van der Waals surface area contributed by atoms with E-state index < -0.39 is 0 Å². The number of hydrogen-bond acceptors (Lipinski definition) is 2. The summed E-state index contributed by atoms with van der Waals surface area (Å²) in [4.78, 5) is 19.8. The summed E-state index contributed by atoms with van der Waals surface area (Å²) in [5.74, 6) is 0.813. The fourth-order valence-corrected chi connectivity index (χ4v) is 4.30. The summed E-state index contributed by atoms with van der Waals surface area (Å²) in [6.45, 7) is 3.20. The van der Waals surface area contributed by atoms with Crippen molar-refractivity contribution in [1.82, 2.24) is 14.5 Å². The summed E-state index contributed by atoms with van der Waals surface area (Å²) in [6, 6.07) is 13.5. The maximum atomic E-state index is 13.1. The Labute approximate surface area is 168 Å². The molecular weight excluding hydrogens is 381 g/mol. The van der Waals surface area contributed by atoms with Crippen LogP contribution in [-0.4, -0.2) is 32.9 Å². The second-order valence-electron chi connectivity index (χ2n) is 7.07. The third-order valence-corrected chi connectivity index (χ3v) is 5.79. The molecule has 140 valence electrons. The molecule has 27 heavy (non-hydrogen) atoms. The first kappa shape index (κ1) is 18.3. The number of carbonyl (C=O) groups excluding carboxylic acids is 1. The van der Waals surface area contributed by atoms with E-state index in [1.807, 2.05) is 39.8 Å². The fourth-order valence-electron chi connectivity index (χ4n) is 3.81. The van der Waals surface area contributed by atoms with Gasteiger partial charge in [-0.3, -0.25) is 4.79 Å². The van der Waals surface area contributed by atoms with Crippen LogP contribution in [-0.2, 0) is 11.3 Å². The third-order valence-electron chi connectivity index (χ3n) is 5.24. The zero-order valence-electron chi connectivity index (χ0n) is 15.2. The van der Waals surface area contributed by atoms with Crippen LogP contribution in [0.5, 0.6) is 0 Å².